The Bertz CT molecular complexity index is 608. The highest BCUT2D eigenvalue weighted by molar-refractivity contribution is 5.78. The lowest BCUT2D eigenvalue weighted by Crippen LogP contribution is -1.95. The number of fused-ring (bicyclic) bond motifs is 1. The Hall–Kier alpha value is -2.44. The second kappa shape index (κ2) is 3.80. The molecule has 2 N–H and O–H groups in total. The molecule has 1 aromatic heterocycles. The van der Waals surface area contributed by atoms with Gasteiger partial charge in [-0.3, -0.25) is 0 Å². The van der Waals surface area contributed by atoms with Crippen LogP contribution < -0.4 is 19.9 Å². The summed E-state index contributed by atoms with van der Waals surface area (Å²) >= 11 is 0. The van der Waals surface area contributed by atoms with Crippen LogP contribution in [-0.4, -0.2) is 19.1 Å². The first-order valence-electron chi connectivity index (χ1n) is 5.09. The highest BCUT2D eigenvalue weighted by atomic mass is 19.1. The second-order valence-corrected chi connectivity index (χ2v) is 3.62. The van der Waals surface area contributed by atoms with Gasteiger partial charge in [0.2, 0.25) is 6.79 Å². The van der Waals surface area contributed by atoms with Crippen LogP contribution in [0.3, 0.4) is 0 Å². The number of nitrogens with two attached hydrogens (primary N) is 1. The maximum atomic E-state index is 13.8. The van der Waals surface area contributed by atoms with E-state index in [1.165, 1.54) is 19.2 Å². The van der Waals surface area contributed by atoms with Crippen molar-refractivity contribution < 1.29 is 23.1 Å². The summed E-state index contributed by atoms with van der Waals surface area (Å²) in [6, 6.07) is 2.66. The topological polar surface area (TPSA) is 79.7 Å². The highest BCUT2D eigenvalue weighted by Gasteiger charge is 2.28. The van der Waals surface area contributed by atoms with Gasteiger partial charge in [0.25, 0.3) is 0 Å². The van der Waals surface area contributed by atoms with Crippen LogP contribution in [0.4, 0.5) is 10.2 Å². The zero-order chi connectivity index (χ0) is 12.7. The van der Waals surface area contributed by atoms with E-state index in [1.54, 1.807) is 0 Å². The molecule has 0 radical (unpaired) electrons. The predicted molar refractivity (Wildman–Crippen MR) is 59.0 cm³/mol. The molecule has 2 heterocycles. The maximum absolute atomic E-state index is 13.8. The van der Waals surface area contributed by atoms with E-state index in [0.717, 1.165) is 0 Å². The van der Waals surface area contributed by atoms with Crippen molar-refractivity contribution in [1.82, 2.24) is 5.16 Å². The Morgan fingerprint density at radius 1 is 1.39 bits per heavy atom. The van der Waals surface area contributed by atoms with Gasteiger partial charge in [0.05, 0.1) is 7.11 Å². The standard InChI is InChI=1S/C11H9FN2O4/c1-15-10-5(12)2-7-11(17-4-16-7)9(10)6-3-8(13)14-18-6/h2-3H,4H2,1H3,(H2,13,14). The van der Waals surface area contributed by atoms with Crippen LogP contribution in [-0.2, 0) is 0 Å². The van der Waals surface area contributed by atoms with Gasteiger partial charge in [-0.2, -0.15) is 0 Å². The number of aromatic nitrogens is 1. The Morgan fingerprint density at radius 2 is 2.22 bits per heavy atom. The summed E-state index contributed by atoms with van der Waals surface area (Å²) in [5.41, 5.74) is 5.78. The molecule has 0 spiro atoms. The molecule has 0 bridgehead atoms. The molecule has 1 aliphatic rings. The SMILES string of the molecule is COc1c(F)cc2c(c1-c1cc(N)no1)OCO2. The summed E-state index contributed by atoms with van der Waals surface area (Å²) in [6.45, 7) is 0.0125. The summed E-state index contributed by atoms with van der Waals surface area (Å²) in [5, 5.41) is 3.55. The average Bonchev–Trinajstić information content (AvgIpc) is 2.95. The fraction of sp³-hybridized carbons (Fsp3) is 0.182. The Labute approximate surface area is 101 Å². The van der Waals surface area contributed by atoms with Crippen LogP contribution in [0.25, 0.3) is 11.3 Å². The van der Waals surface area contributed by atoms with Gasteiger partial charge in [-0.15, -0.1) is 0 Å². The lowest BCUT2D eigenvalue weighted by molar-refractivity contribution is 0.174. The van der Waals surface area contributed by atoms with Gasteiger partial charge in [-0.05, 0) is 0 Å². The maximum Gasteiger partial charge on any atom is 0.231 e. The molecular weight excluding hydrogens is 243 g/mol. The van der Waals surface area contributed by atoms with Crippen molar-refractivity contribution in [3.8, 4) is 28.6 Å². The second-order valence-electron chi connectivity index (χ2n) is 3.62. The molecule has 6 nitrogen and oxygen atoms in total. The molecule has 94 valence electrons. The Morgan fingerprint density at radius 3 is 2.89 bits per heavy atom. The van der Waals surface area contributed by atoms with Crippen LogP contribution in [0.5, 0.6) is 17.2 Å². The quantitative estimate of drug-likeness (QED) is 0.877. The normalized spacial score (nSPS) is 12.8. The number of anilines is 1. The van der Waals surface area contributed by atoms with Crippen molar-refractivity contribution in [2.45, 2.75) is 0 Å². The molecule has 7 heteroatoms. The van der Waals surface area contributed by atoms with E-state index in [-0.39, 0.29) is 24.1 Å². The number of hydrogen-bond acceptors (Lipinski definition) is 6. The first-order valence-corrected chi connectivity index (χ1v) is 5.09. The van der Waals surface area contributed by atoms with Gasteiger partial charge in [-0.1, -0.05) is 5.16 Å². The minimum Gasteiger partial charge on any atom is -0.493 e. The van der Waals surface area contributed by atoms with E-state index in [0.29, 0.717) is 17.1 Å². The van der Waals surface area contributed by atoms with Gasteiger partial charge in [0, 0.05) is 12.1 Å². The fourth-order valence-electron chi connectivity index (χ4n) is 1.82. The van der Waals surface area contributed by atoms with E-state index in [2.05, 4.69) is 5.16 Å². The first kappa shape index (κ1) is 10.7. The van der Waals surface area contributed by atoms with Crippen LogP contribution in [0.1, 0.15) is 0 Å². The summed E-state index contributed by atoms with van der Waals surface area (Å²) in [5.74, 6) is 0.499. The van der Waals surface area contributed by atoms with Crippen molar-refractivity contribution >= 4 is 5.82 Å². The predicted octanol–water partition coefficient (Wildman–Crippen LogP) is 1.80. The Balaban J connectivity index is 2.29. The van der Waals surface area contributed by atoms with Crippen LogP contribution in [0.2, 0.25) is 0 Å². The molecule has 0 aliphatic carbocycles. The van der Waals surface area contributed by atoms with Crippen molar-refractivity contribution in [2.75, 3.05) is 19.6 Å². The summed E-state index contributed by atoms with van der Waals surface area (Å²) in [4.78, 5) is 0. The van der Waals surface area contributed by atoms with E-state index < -0.39 is 5.82 Å². The molecule has 0 unspecified atom stereocenters. The average molecular weight is 252 g/mol. The third-order valence-electron chi connectivity index (χ3n) is 2.55. The summed E-state index contributed by atoms with van der Waals surface area (Å²) < 4.78 is 34.3. The molecule has 0 amide bonds. The van der Waals surface area contributed by atoms with Gasteiger partial charge < -0.3 is 24.5 Å². The number of halogens is 1. The lowest BCUT2D eigenvalue weighted by Gasteiger charge is -2.09. The number of ether oxygens (including phenoxy) is 3. The molecule has 18 heavy (non-hydrogen) atoms. The van der Waals surface area contributed by atoms with E-state index in [1.807, 2.05) is 0 Å². The molecule has 0 saturated carbocycles. The van der Waals surface area contributed by atoms with Gasteiger partial charge in [0.1, 0.15) is 5.56 Å². The minimum absolute atomic E-state index is 0.00426. The molecule has 2 aromatic rings. The molecule has 3 rings (SSSR count). The summed E-state index contributed by atoms with van der Waals surface area (Å²) in [7, 11) is 1.35. The monoisotopic (exact) mass is 252 g/mol. The van der Waals surface area contributed by atoms with Gasteiger partial charge in [0.15, 0.2) is 34.6 Å². The molecule has 0 saturated heterocycles. The van der Waals surface area contributed by atoms with Crippen LogP contribution in [0, 0.1) is 5.82 Å². The number of nitrogen functional groups attached to an aromatic ring is 1. The number of nitrogens with zero attached hydrogens (tertiary/aromatic N) is 1. The number of benzene rings is 1. The minimum atomic E-state index is -0.577. The number of methoxy groups -OCH3 is 1. The van der Waals surface area contributed by atoms with Gasteiger partial charge in [-0.25, -0.2) is 4.39 Å². The highest BCUT2D eigenvalue weighted by Crippen LogP contribution is 2.48. The number of hydrogen-bond donors (Lipinski definition) is 1. The number of rotatable bonds is 2. The van der Waals surface area contributed by atoms with Crippen molar-refractivity contribution in [3.05, 3.63) is 17.9 Å². The van der Waals surface area contributed by atoms with Gasteiger partial charge >= 0.3 is 0 Å². The van der Waals surface area contributed by atoms with Crippen LogP contribution in [0.15, 0.2) is 16.7 Å². The first-order chi connectivity index (χ1) is 8.70. The van der Waals surface area contributed by atoms with E-state index in [4.69, 9.17) is 24.5 Å². The molecule has 0 fully saturated rings. The van der Waals surface area contributed by atoms with Crippen molar-refractivity contribution in [2.24, 2.45) is 0 Å². The lowest BCUT2D eigenvalue weighted by atomic mass is 10.1. The van der Waals surface area contributed by atoms with Crippen molar-refractivity contribution in [3.63, 3.8) is 0 Å². The summed E-state index contributed by atoms with van der Waals surface area (Å²) in [6.07, 6.45) is 0. The van der Waals surface area contributed by atoms with E-state index in [9.17, 15) is 4.39 Å². The zero-order valence-corrected chi connectivity index (χ0v) is 9.40. The molecule has 1 aromatic carbocycles. The third kappa shape index (κ3) is 1.44. The fourth-order valence-corrected chi connectivity index (χ4v) is 1.82. The third-order valence-corrected chi connectivity index (χ3v) is 2.55. The Kier molecular flexibility index (Phi) is 2.26. The largest absolute Gasteiger partial charge is 0.493 e. The zero-order valence-electron chi connectivity index (χ0n) is 9.40. The molecule has 0 atom stereocenters. The molecule has 1 aliphatic heterocycles. The molecular formula is C11H9FN2O4. The van der Waals surface area contributed by atoms with Crippen LogP contribution >= 0.6 is 0 Å². The smallest absolute Gasteiger partial charge is 0.231 e. The van der Waals surface area contributed by atoms with Crippen molar-refractivity contribution in [1.29, 1.82) is 0 Å². The van der Waals surface area contributed by atoms with E-state index >= 15 is 0 Å².